The van der Waals surface area contributed by atoms with Crippen LogP contribution in [0.2, 0.25) is 10.0 Å². The van der Waals surface area contributed by atoms with Gasteiger partial charge in [-0.05, 0) is 64.7 Å². The van der Waals surface area contributed by atoms with Gasteiger partial charge >= 0.3 is 12.1 Å². The van der Waals surface area contributed by atoms with E-state index in [1.807, 2.05) is 59.3 Å². The molecule has 0 aliphatic rings. The van der Waals surface area contributed by atoms with Gasteiger partial charge in [0.1, 0.15) is 12.4 Å². The standard InChI is InChI=1S/C33H24Cl2F3N3O2/c34-27-5-2-6-28(35)32(27)29-20-41(19-22-9-14-26(15-10-22)39-18-31(42)43)30(40-29)16-11-21-7-12-23(13-8-21)24-3-1-4-25(17-24)33(36,37)38/h1-17,20,39H,18-19H2,(H,42,43)/b16-11+. The number of hydrogen-bond acceptors (Lipinski definition) is 3. The Balaban J connectivity index is 1.42. The quantitative estimate of drug-likeness (QED) is 0.172. The Kier molecular flexibility index (Phi) is 8.89. The van der Waals surface area contributed by atoms with E-state index >= 15 is 0 Å². The largest absolute Gasteiger partial charge is 0.480 e. The minimum absolute atomic E-state index is 0.182. The number of carboxylic acid groups (broad SMARTS) is 1. The summed E-state index contributed by atoms with van der Waals surface area (Å²) in [6.45, 7) is 0.279. The van der Waals surface area contributed by atoms with Crippen LogP contribution >= 0.6 is 23.2 Å². The van der Waals surface area contributed by atoms with Gasteiger partial charge in [-0.2, -0.15) is 13.2 Å². The van der Waals surface area contributed by atoms with Crippen molar-refractivity contribution in [3.63, 3.8) is 0 Å². The van der Waals surface area contributed by atoms with Gasteiger partial charge in [0.15, 0.2) is 0 Å². The molecule has 5 aromatic rings. The van der Waals surface area contributed by atoms with Gasteiger partial charge in [0, 0.05) is 24.0 Å². The van der Waals surface area contributed by atoms with Gasteiger partial charge in [0.25, 0.3) is 0 Å². The molecule has 218 valence electrons. The highest BCUT2D eigenvalue weighted by Crippen LogP contribution is 2.35. The first kappa shape index (κ1) is 29.9. The van der Waals surface area contributed by atoms with E-state index in [1.165, 1.54) is 6.07 Å². The fourth-order valence-electron chi connectivity index (χ4n) is 4.49. The van der Waals surface area contributed by atoms with E-state index in [0.29, 0.717) is 50.5 Å². The Morgan fingerprint density at radius 1 is 0.884 bits per heavy atom. The Bertz CT molecular complexity index is 1760. The SMILES string of the molecule is O=C(O)CNc1ccc(Cn2cc(-c3c(Cl)cccc3Cl)nc2/C=C/c2ccc(-c3cccc(C(F)(F)F)c3)cc2)cc1. The molecule has 0 fully saturated rings. The minimum Gasteiger partial charge on any atom is -0.480 e. The molecule has 0 amide bonds. The van der Waals surface area contributed by atoms with Crippen LogP contribution in [-0.4, -0.2) is 27.2 Å². The summed E-state index contributed by atoms with van der Waals surface area (Å²) < 4.78 is 41.4. The van der Waals surface area contributed by atoms with Crippen LogP contribution in [0.15, 0.2) is 97.2 Å². The Hall–Kier alpha value is -4.53. The molecule has 0 spiro atoms. The van der Waals surface area contributed by atoms with Crippen molar-refractivity contribution in [1.82, 2.24) is 9.55 Å². The van der Waals surface area contributed by atoms with Crippen molar-refractivity contribution in [3.05, 3.63) is 130 Å². The number of aliphatic carboxylic acids is 1. The zero-order valence-electron chi connectivity index (χ0n) is 22.4. The van der Waals surface area contributed by atoms with Crippen molar-refractivity contribution < 1.29 is 23.1 Å². The molecule has 0 atom stereocenters. The first-order valence-corrected chi connectivity index (χ1v) is 13.8. The van der Waals surface area contributed by atoms with E-state index in [0.717, 1.165) is 23.3 Å². The number of hydrogen-bond donors (Lipinski definition) is 2. The molecule has 0 aliphatic heterocycles. The number of alkyl halides is 3. The average Bonchev–Trinajstić information content (AvgIpc) is 3.37. The van der Waals surface area contributed by atoms with Gasteiger partial charge in [-0.3, -0.25) is 4.79 Å². The molecule has 0 saturated heterocycles. The predicted molar refractivity (Wildman–Crippen MR) is 165 cm³/mol. The molecule has 2 N–H and O–H groups in total. The summed E-state index contributed by atoms with van der Waals surface area (Å²) in [5.41, 5.74) is 4.13. The van der Waals surface area contributed by atoms with Crippen LogP contribution in [0, 0.1) is 0 Å². The zero-order valence-corrected chi connectivity index (χ0v) is 24.0. The number of nitrogens with zero attached hydrogens (tertiary/aromatic N) is 2. The summed E-state index contributed by atoms with van der Waals surface area (Å²) in [5, 5.41) is 12.7. The van der Waals surface area contributed by atoms with Gasteiger partial charge < -0.3 is 15.0 Å². The summed E-state index contributed by atoms with van der Waals surface area (Å²) in [6.07, 6.45) is 1.16. The van der Waals surface area contributed by atoms with Crippen molar-refractivity contribution >= 4 is 47.0 Å². The second-order valence-electron chi connectivity index (χ2n) is 9.69. The molecule has 0 unspecified atom stereocenters. The fraction of sp³-hybridized carbons (Fsp3) is 0.0909. The van der Waals surface area contributed by atoms with Gasteiger partial charge in [-0.1, -0.05) is 83.9 Å². The monoisotopic (exact) mass is 621 g/mol. The predicted octanol–water partition coefficient (Wildman–Crippen LogP) is 9.26. The molecule has 5 rings (SSSR count). The van der Waals surface area contributed by atoms with Gasteiger partial charge in [-0.15, -0.1) is 0 Å². The molecule has 0 radical (unpaired) electrons. The summed E-state index contributed by atoms with van der Waals surface area (Å²) in [5.74, 6) is -0.323. The number of imidazole rings is 1. The fourth-order valence-corrected chi connectivity index (χ4v) is 5.08. The number of benzene rings is 4. The van der Waals surface area contributed by atoms with E-state index in [4.69, 9.17) is 33.3 Å². The summed E-state index contributed by atoms with van der Waals surface area (Å²) in [4.78, 5) is 15.6. The maximum Gasteiger partial charge on any atom is 0.416 e. The summed E-state index contributed by atoms with van der Waals surface area (Å²) in [7, 11) is 0. The molecule has 0 bridgehead atoms. The average molecular weight is 622 g/mol. The van der Waals surface area contributed by atoms with Crippen LogP contribution in [0.5, 0.6) is 0 Å². The minimum atomic E-state index is -4.41. The second kappa shape index (κ2) is 12.8. The highest BCUT2D eigenvalue weighted by atomic mass is 35.5. The number of carbonyl (C=O) groups is 1. The Labute approximate surface area is 255 Å². The van der Waals surface area contributed by atoms with Crippen LogP contribution in [0.4, 0.5) is 18.9 Å². The van der Waals surface area contributed by atoms with E-state index in [9.17, 15) is 18.0 Å². The number of aromatic nitrogens is 2. The number of rotatable bonds is 9. The lowest BCUT2D eigenvalue weighted by Crippen LogP contribution is -2.12. The highest BCUT2D eigenvalue weighted by Gasteiger charge is 2.30. The van der Waals surface area contributed by atoms with E-state index in [-0.39, 0.29) is 6.54 Å². The summed E-state index contributed by atoms with van der Waals surface area (Å²) >= 11 is 12.9. The van der Waals surface area contributed by atoms with Crippen molar-refractivity contribution in [3.8, 4) is 22.4 Å². The van der Waals surface area contributed by atoms with Crippen molar-refractivity contribution in [2.45, 2.75) is 12.7 Å². The molecule has 5 nitrogen and oxygen atoms in total. The first-order valence-electron chi connectivity index (χ1n) is 13.1. The third kappa shape index (κ3) is 7.46. The molecular formula is C33H24Cl2F3N3O2. The van der Waals surface area contributed by atoms with Crippen molar-refractivity contribution in [2.75, 3.05) is 11.9 Å². The van der Waals surface area contributed by atoms with Gasteiger partial charge in [0.2, 0.25) is 0 Å². The molecule has 0 saturated carbocycles. The lowest BCUT2D eigenvalue weighted by Gasteiger charge is -2.09. The van der Waals surface area contributed by atoms with Crippen molar-refractivity contribution in [2.24, 2.45) is 0 Å². The Morgan fingerprint density at radius 3 is 2.21 bits per heavy atom. The number of nitrogens with one attached hydrogen (secondary N) is 1. The van der Waals surface area contributed by atoms with E-state index in [1.54, 1.807) is 36.4 Å². The molecular weight excluding hydrogens is 598 g/mol. The number of anilines is 1. The van der Waals surface area contributed by atoms with Gasteiger partial charge in [-0.25, -0.2) is 4.98 Å². The number of carboxylic acids is 1. The second-order valence-corrected chi connectivity index (χ2v) is 10.5. The normalized spacial score (nSPS) is 11.7. The van der Waals surface area contributed by atoms with E-state index in [2.05, 4.69) is 5.32 Å². The number of halogens is 5. The third-order valence-electron chi connectivity index (χ3n) is 6.64. The maximum absolute atomic E-state index is 13.2. The maximum atomic E-state index is 13.2. The van der Waals surface area contributed by atoms with Crippen LogP contribution in [0.3, 0.4) is 0 Å². The van der Waals surface area contributed by atoms with Crippen LogP contribution < -0.4 is 5.32 Å². The molecule has 43 heavy (non-hydrogen) atoms. The first-order chi connectivity index (χ1) is 20.6. The van der Waals surface area contributed by atoms with Gasteiger partial charge in [0.05, 0.1) is 21.3 Å². The lowest BCUT2D eigenvalue weighted by atomic mass is 10.0. The molecule has 10 heteroatoms. The third-order valence-corrected chi connectivity index (χ3v) is 7.27. The molecule has 4 aromatic carbocycles. The molecule has 0 aliphatic carbocycles. The zero-order chi connectivity index (χ0) is 30.6. The van der Waals surface area contributed by atoms with Crippen LogP contribution in [-0.2, 0) is 17.5 Å². The topological polar surface area (TPSA) is 67.2 Å². The highest BCUT2D eigenvalue weighted by molar-refractivity contribution is 6.39. The lowest BCUT2D eigenvalue weighted by molar-refractivity contribution is -0.137. The van der Waals surface area contributed by atoms with Crippen LogP contribution in [0.25, 0.3) is 34.5 Å². The van der Waals surface area contributed by atoms with Crippen molar-refractivity contribution in [1.29, 1.82) is 0 Å². The molecule has 1 heterocycles. The molecule has 1 aromatic heterocycles. The van der Waals surface area contributed by atoms with E-state index < -0.39 is 17.7 Å². The smallest absolute Gasteiger partial charge is 0.416 e. The summed E-state index contributed by atoms with van der Waals surface area (Å²) in [6, 6.07) is 25.1. The van der Waals surface area contributed by atoms with Crippen LogP contribution in [0.1, 0.15) is 22.5 Å². The Morgan fingerprint density at radius 2 is 1.56 bits per heavy atom.